The Labute approximate surface area is 98.2 Å². The normalized spacial score (nSPS) is 23.1. The van der Waals surface area contributed by atoms with Crippen molar-refractivity contribution in [2.24, 2.45) is 0 Å². The molecule has 1 aliphatic heterocycles. The second-order valence-corrected chi connectivity index (χ2v) is 4.15. The molecule has 2 atom stereocenters. The second-order valence-electron chi connectivity index (χ2n) is 4.15. The van der Waals surface area contributed by atoms with E-state index in [2.05, 4.69) is 10.6 Å². The first kappa shape index (κ1) is 11.4. The fraction of sp³-hybridized carbons (Fsp3) is 0.364. The summed E-state index contributed by atoms with van der Waals surface area (Å²) in [5, 5.41) is 16.7. The molecule has 1 aliphatic rings. The van der Waals surface area contributed by atoms with Crippen LogP contribution in [0.5, 0.6) is 0 Å². The highest BCUT2D eigenvalue weighted by atomic mass is 16.6. The van der Waals surface area contributed by atoms with Gasteiger partial charge in [-0.2, -0.15) is 0 Å². The Hall–Kier alpha value is -2.11. The van der Waals surface area contributed by atoms with E-state index in [0.29, 0.717) is 11.3 Å². The topological polar surface area (TPSA) is 84.3 Å². The molecule has 0 unspecified atom stereocenters. The number of nitrogens with zero attached hydrogens (tertiary/aromatic N) is 1. The molecule has 17 heavy (non-hydrogen) atoms. The highest BCUT2D eigenvalue weighted by Crippen LogP contribution is 2.30. The Morgan fingerprint density at radius 1 is 1.24 bits per heavy atom. The number of fused-ring (bicyclic) bond motifs is 1. The maximum atomic E-state index is 11.9. The van der Waals surface area contributed by atoms with Crippen molar-refractivity contribution < 1.29 is 9.72 Å². The zero-order valence-electron chi connectivity index (χ0n) is 9.56. The molecule has 0 spiro atoms. The van der Waals surface area contributed by atoms with Crippen LogP contribution in [0, 0.1) is 10.1 Å². The number of hydrogen-bond donors (Lipinski definition) is 2. The van der Waals surface area contributed by atoms with E-state index < -0.39 is 4.92 Å². The fourth-order valence-electron chi connectivity index (χ4n) is 1.80. The van der Waals surface area contributed by atoms with Crippen LogP contribution in [0.2, 0.25) is 0 Å². The van der Waals surface area contributed by atoms with Crippen molar-refractivity contribution in [1.29, 1.82) is 0 Å². The lowest BCUT2D eigenvalue weighted by molar-refractivity contribution is -0.384. The number of para-hydroxylation sites is 1. The molecule has 0 radical (unpaired) electrons. The number of anilines is 1. The molecular formula is C11H13N3O3. The second kappa shape index (κ2) is 4.04. The van der Waals surface area contributed by atoms with Gasteiger partial charge in [0.05, 0.1) is 10.5 Å². The van der Waals surface area contributed by atoms with Crippen LogP contribution in [0.15, 0.2) is 18.2 Å². The van der Waals surface area contributed by atoms with Crippen molar-refractivity contribution in [3.8, 4) is 0 Å². The zero-order chi connectivity index (χ0) is 12.6. The van der Waals surface area contributed by atoms with Gasteiger partial charge >= 0.3 is 0 Å². The van der Waals surface area contributed by atoms with Crippen molar-refractivity contribution in [3.05, 3.63) is 33.9 Å². The lowest BCUT2D eigenvalue weighted by Gasteiger charge is -2.18. The molecule has 6 nitrogen and oxygen atoms in total. The van der Waals surface area contributed by atoms with Gasteiger partial charge in [0.2, 0.25) is 0 Å². The van der Waals surface area contributed by atoms with Crippen molar-refractivity contribution in [2.45, 2.75) is 25.9 Å². The minimum atomic E-state index is -0.484. The maximum absolute atomic E-state index is 11.9. The molecule has 1 aromatic rings. The Bertz CT molecular complexity index is 487. The summed E-state index contributed by atoms with van der Waals surface area (Å²) in [7, 11) is 0. The number of nitro groups is 1. The summed E-state index contributed by atoms with van der Waals surface area (Å²) in [6.07, 6.45) is 0. The minimum absolute atomic E-state index is 0.0682. The Morgan fingerprint density at radius 2 is 1.88 bits per heavy atom. The van der Waals surface area contributed by atoms with Crippen molar-refractivity contribution in [3.63, 3.8) is 0 Å². The third-order valence-corrected chi connectivity index (χ3v) is 2.96. The van der Waals surface area contributed by atoms with Gasteiger partial charge in [0.15, 0.2) is 0 Å². The summed E-state index contributed by atoms with van der Waals surface area (Å²) in [5.74, 6) is -0.284. The van der Waals surface area contributed by atoms with Crippen LogP contribution in [0.3, 0.4) is 0 Å². The van der Waals surface area contributed by atoms with Crippen LogP contribution >= 0.6 is 0 Å². The quantitative estimate of drug-likeness (QED) is 0.571. The van der Waals surface area contributed by atoms with E-state index in [4.69, 9.17) is 0 Å². The maximum Gasteiger partial charge on any atom is 0.293 e. The number of nitro benzene ring substituents is 1. The molecule has 1 heterocycles. The van der Waals surface area contributed by atoms with E-state index in [9.17, 15) is 14.9 Å². The van der Waals surface area contributed by atoms with Gasteiger partial charge in [-0.15, -0.1) is 0 Å². The molecule has 0 fully saturated rings. The van der Waals surface area contributed by atoms with Crippen LogP contribution in [0.25, 0.3) is 0 Å². The molecule has 0 aliphatic carbocycles. The van der Waals surface area contributed by atoms with Crippen molar-refractivity contribution in [2.75, 3.05) is 5.32 Å². The highest BCUT2D eigenvalue weighted by molar-refractivity contribution is 6.02. The predicted octanol–water partition coefficient (Wildman–Crippen LogP) is 1.53. The molecule has 0 saturated carbocycles. The molecular weight excluding hydrogens is 222 g/mol. The third kappa shape index (κ3) is 1.93. The van der Waals surface area contributed by atoms with E-state index in [1.165, 1.54) is 12.1 Å². The number of hydrogen-bond acceptors (Lipinski definition) is 4. The summed E-state index contributed by atoms with van der Waals surface area (Å²) in [6, 6.07) is 4.33. The van der Waals surface area contributed by atoms with E-state index in [-0.39, 0.29) is 23.7 Å². The molecule has 1 amide bonds. The van der Waals surface area contributed by atoms with Gasteiger partial charge in [0.1, 0.15) is 5.69 Å². The summed E-state index contributed by atoms with van der Waals surface area (Å²) < 4.78 is 0. The van der Waals surface area contributed by atoms with Gasteiger partial charge in [0.25, 0.3) is 11.6 Å². The highest BCUT2D eigenvalue weighted by Gasteiger charge is 2.28. The number of nitrogens with one attached hydrogen (secondary N) is 2. The molecule has 6 heteroatoms. The molecule has 0 saturated heterocycles. The number of carbonyl (C=O) groups excluding carboxylic acids is 1. The average Bonchev–Trinajstić information content (AvgIpc) is 2.37. The average molecular weight is 235 g/mol. The van der Waals surface area contributed by atoms with E-state index in [0.717, 1.165) is 0 Å². The standard InChI is InChI=1S/C11H13N3O3/c1-6-7(2)13-11(15)8-4-3-5-9(14(16)17)10(8)12-6/h3-7,12H,1-2H3,(H,13,15)/t6-,7+/m1/s1. The largest absolute Gasteiger partial charge is 0.374 e. The molecule has 1 aromatic carbocycles. The molecule has 0 bridgehead atoms. The summed E-state index contributed by atoms with van der Waals surface area (Å²) in [5.41, 5.74) is 0.542. The first-order chi connectivity index (χ1) is 8.00. The predicted molar refractivity (Wildman–Crippen MR) is 63.1 cm³/mol. The van der Waals surface area contributed by atoms with Gasteiger partial charge in [-0.05, 0) is 19.9 Å². The smallest absolute Gasteiger partial charge is 0.293 e. The van der Waals surface area contributed by atoms with Crippen LogP contribution in [0.1, 0.15) is 24.2 Å². The van der Waals surface area contributed by atoms with Gasteiger partial charge < -0.3 is 10.6 Å². The first-order valence-electron chi connectivity index (χ1n) is 5.35. The van der Waals surface area contributed by atoms with E-state index in [1.807, 2.05) is 13.8 Å². The van der Waals surface area contributed by atoms with Gasteiger partial charge in [-0.1, -0.05) is 6.07 Å². The van der Waals surface area contributed by atoms with Gasteiger partial charge in [-0.3, -0.25) is 14.9 Å². The lowest BCUT2D eigenvalue weighted by atomic mass is 10.1. The van der Waals surface area contributed by atoms with Crippen LogP contribution in [-0.4, -0.2) is 22.9 Å². The van der Waals surface area contributed by atoms with Crippen LogP contribution < -0.4 is 10.6 Å². The monoisotopic (exact) mass is 235 g/mol. The van der Waals surface area contributed by atoms with E-state index >= 15 is 0 Å². The molecule has 90 valence electrons. The van der Waals surface area contributed by atoms with Crippen LogP contribution in [0.4, 0.5) is 11.4 Å². The first-order valence-corrected chi connectivity index (χ1v) is 5.35. The lowest BCUT2D eigenvalue weighted by Crippen LogP contribution is -2.40. The number of amides is 1. The summed E-state index contributed by atoms with van der Waals surface area (Å²) in [4.78, 5) is 22.3. The van der Waals surface area contributed by atoms with Gasteiger partial charge in [0, 0.05) is 18.2 Å². The van der Waals surface area contributed by atoms with E-state index in [1.54, 1.807) is 6.07 Å². The molecule has 2 rings (SSSR count). The SMILES string of the molecule is C[C@@H]1NC(=O)c2cccc([N+](=O)[O-])c2N[C@@H]1C. The Kier molecular flexibility index (Phi) is 2.71. The zero-order valence-corrected chi connectivity index (χ0v) is 9.56. The fourth-order valence-corrected chi connectivity index (χ4v) is 1.80. The van der Waals surface area contributed by atoms with Gasteiger partial charge in [-0.25, -0.2) is 0 Å². The minimum Gasteiger partial charge on any atom is -0.374 e. The number of benzene rings is 1. The number of rotatable bonds is 1. The summed E-state index contributed by atoms with van der Waals surface area (Å²) in [6.45, 7) is 3.73. The van der Waals surface area contributed by atoms with Crippen molar-refractivity contribution in [1.82, 2.24) is 5.32 Å². The van der Waals surface area contributed by atoms with Crippen LogP contribution in [-0.2, 0) is 0 Å². The number of carbonyl (C=O) groups is 1. The van der Waals surface area contributed by atoms with Crippen molar-refractivity contribution >= 4 is 17.3 Å². The Balaban J connectivity index is 2.57. The third-order valence-electron chi connectivity index (χ3n) is 2.96. The molecule has 2 N–H and O–H groups in total. The molecule has 0 aromatic heterocycles. The Morgan fingerprint density at radius 3 is 2.53 bits per heavy atom. The summed E-state index contributed by atoms with van der Waals surface area (Å²) >= 11 is 0.